The van der Waals surface area contributed by atoms with Crippen LogP contribution in [0, 0.1) is 5.92 Å². The Hall–Kier alpha value is -1.40. The van der Waals surface area contributed by atoms with Gasteiger partial charge in [0.1, 0.15) is 0 Å². The number of carbonyl (C=O) groups is 1. The molecule has 0 bridgehead atoms. The van der Waals surface area contributed by atoms with Crippen molar-refractivity contribution in [1.82, 2.24) is 5.59 Å². The molecule has 0 saturated carbocycles. The van der Waals surface area contributed by atoms with Crippen molar-refractivity contribution in [3.63, 3.8) is 0 Å². The molecule has 2 aliphatic heterocycles. The number of nitrogens with zero attached hydrogens (tertiary/aromatic N) is 1. The van der Waals surface area contributed by atoms with Crippen LogP contribution in [0.2, 0.25) is 0 Å². The number of aliphatic hydroxyl groups excluding tert-OH is 1. The molecule has 6 heteroatoms. The Morgan fingerprint density at radius 2 is 2.50 bits per heavy atom. The van der Waals surface area contributed by atoms with E-state index in [0.29, 0.717) is 6.42 Å². The molecule has 3 rings (SSSR count). The summed E-state index contributed by atoms with van der Waals surface area (Å²) in [5, 5.41) is 18.4. The number of carboxylic acid groups (broad SMARTS) is 1. The van der Waals surface area contributed by atoms with Crippen molar-refractivity contribution in [2.24, 2.45) is 5.92 Å². The van der Waals surface area contributed by atoms with E-state index in [1.165, 1.54) is 4.68 Å². The minimum atomic E-state index is -0.992. The molecule has 1 aliphatic carbocycles. The Kier molecular flexibility index (Phi) is 1.33. The molecule has 1 saturated heterocycles. The van der Waals surface area contributed by atoms with E-state index >= 15 is 0 Å². The van der Waals surface area contributed by atoms with Gasteiger partial charge < -0.3 is 10.2 Å². The van der Waals surface area contributed by atoms with Gasteiger partial charge in [-0.15, -0.1) is 0 Å². The first-order valence-electron chi connectivity index (χ1n) is 4.39. The Morgan fingerprint density at radius 1 is 1.71 bits per heavy atom. The number of aliphatic hydroxyl groups is 1. The van der Waals surface area contributed by atoms with E-state index in [4.69, 9.17) is 9.94 Å². The summed E-state index contributed by atoms with van der Waals surface area (Å²) in [5.41, 5.74) is 3.45. The van der Waals surface area contributed by atoms with Crippen LogP contribution >= 0.6 is 0 Å². The van der Waals surface area contributed by atoms with Gasteiger partial charge in [-0.05, 0) is 0 Å². The van der Waals surface area contributed by atoms with Crippen molar-refractivity contribution in [2.45, 2.75) is 18.8 Å². The monoisotopic (exact) mass is 197 g/mol. The fourth-order valence-corrected chi connectivity index (χ4v) is 2.06. The topological polar surface area (TPSA) is 81.8 Å². The molecule has 1 fully saturated rings. The van der Waals surface area contributed by atoms with E-state index in [1.54, 1.807) is 0 Å². The molecule has 3 atom stereocenters. The number of nitrogens with one attached hydrogen (secondary N) is 1. The lowest BCUT2D eigenvalue weighted by Gasteiger charge is -2.12. The molecule has 0 aromatic carbocycles. The average molecular weight is 197 g/mol. The van der Waals surface area contributed by atoms with E-state index in [-0.39, 0.29) is 17.7 Å². The zero-order chi connectivity index (χ0) is 9.87. The van der Waals surface area contributed by atoms with Gasteiger partial charge in [0.15, 0.2) is 0 Å². The number of fused-ring (bicyclic) bond motifs is 2. The number of hydrogen-bond acceptors (Lipinski definition) is 4. The number of carboxylic acids is 1. The van der Waals surface area contributed by atoms with Gasteiger partial charge in [0.05, 0.1) is 0 Å². The summed E-state index contributed by atoms with van der Waals surface area (Å²) in [6.07, 6.45) is 1.65. The summed E-state index contributed by atoms with van der Waals surface area (Å²) >= 11 is 0. The third-order valence-corrected chi connectivity index (χ3v) is 2.82. The van der Waals surface area contributed by atoms with Crippen LogP contribution in [0.1, 0.15) is 6.42 Å². The molecule has 3 unspecified atom stereocenters. The third-order valence-electron chi connectivity index (χ3n) is 2.82. The van der Waals surface area contributed by atoms with Crippen LogP contribution in [0.4, 0.5) is 0 Å². The fraction of sp³-hybridized carbons (Fsp3) is 0.500. The van der Waals surface area contributed by atoms with Gasteiger partial charge in [0.25, 0.3) is 6.29 Å². The van der Waals surface area contributed by atoms with Crippen molar-refractivity contribution < 1.29 is 24.5 Å². The molecule has 0 radical (unpaired) electrons. The highest BCUT2D eigenvalue weighted by molar-refractivity contribution is 6.41. The van der Waals surface area contributed by atoms with Gasteiger partial charge >= 0.3 is 11.7 Å². The molecule has 2 heterocycles. The molecule has 74 valence electrons. The second-order valence-corrected chi connectivity index (χ2v) is 3.66. The quantitative estimate of drug-likeness (QED) is 0.451. The summed E-state index contributed by atoms with van der Waals surface area (Å²) in [7, 11) is 0. The SMILES string of the molecule is O=C(O)C1=[N+]2NOC(O)C2CC2C=C12. The lowest BCUT2D eigenvalue weighted by molar-refractivity contribution is -0.627. The third kappa shape index (κ3) is 0.865. The summed E-state index contributed by atoms with van der Waals surface area (Å²) in [4.78, 5) is 15.7. The Labute approximate surface area is 79.0 Å². The van der Waals surface area contributed by atoms with Crippen LogP contribution < -0.4 is 5.59 Å². The zero-order valence-electron chi connectivity index (χ0n) is 7.17. The maximum Gasteiger partial charge on any atom is 0.404 e. The number of hydrazone groups is 1. The van der Waals surface area contributed by atoms with Crippen molar-refractivity contribution >= 4 is 11.7 Å². The molecule has 0 aromatic heterocycles. The molecular weight excluding hydrogens is 188 g/mol. The van der Waals surface area contributed by atoms with E-state index in [9.17, 15) is 9.90 Å². The smallest absolute Gasteiger partial charge is 0.404 e. The number of rotatable bonds is 1. The predicted octanol–water partition coefficient (Wildman–Crippen LogP) is -1.38. The van der Waals surface area contributed by atoms with E-state index in [1.807, 2.05) is 6.08 Å². The molecule has 0 aromatic rings. The second kappa shape index (κ2) is 2.34. The number of aliphatic carboxylic acids is 1. The number of hydrogen-bond donors (Lipinski definition) is 3. The molecule has 3 N–H and O–H groups in total. The van der Waals surface area contributed by atoms with Crippen LogP contribution in [-0.2, 0) is 9.63 Å². The van der Waals surface area contributed by atoms with Crippen molar-refractivity contribution in [1.29, 1.82) is 0 Å². The van der Waals surface area contributed by atoms with Gasteiger partial charge in [-0.2, -0.15) is 4.84 Å². The summed E-state index contributed by atoms with van der Waals surface area (Å²) in [6.45, 7) is 0. The predicted molar refractivity (Wildman–Crippen MR) is 43.1 cm³/mol. The second-order valence-electron chi connectivity index (χ2n) is 3.66. The minimum absolute atomic E-state index is 0.197. The zero-order valence-corrected chi connectivity index (χ0v) is 7.17. The number of hydrazine groups is 1. The van der Waals surface area contributed by atoms with Crippen LogP contribution in [0.15, 0.2) is 11.6 Å². The minimum Gasteiger partial charge on any atom is -0.473 e. The molecule has 0 amide bonds. The lowest BCUT2D eigenvalue weighted by Crippen LogP contribution is -2.42. The van der Waals surface area contributed by atoms with Crippen molar-refractivity contribution in [2.75, 3.05) is 0 Å². The largest absolute Gasteiger partial charge is 0.473 e. The van der Waals surface area contributed by atoms with E-state index < -0.39 is 12.3 Å². The molecular formula is C8H9N2O4+. The fourth-order valence-electron chi connectivity index (χ4n) is 2.06. The Bertz CT molecular complexity index is 387. The van der Waals surface area contributed by atoms with E-state index in [0.717, 1.165) is 5.57 Å². The Morgan fingerprint density at radius 3 is 3.21 bits per heavy atom. The molecule has 14 heavy (non-hydrogen) atoms. The van der Waals surface area contributed by atoms with Crippen molar-refractivity contribution in [3.05, 3.63) is 11.6 Å². The van der Waals surface area contributed by atoms with Gasteiger partial charge in [0, 0.05) is 17.9 Å². The first-order chi connectivity index (χ1) is 6.68. The first-order valence-corrected chi connectivity index (χ1v) is 4.39. The van der Waals surface area contributed by atoms with Crippen molar-refractivity contribution in [3.8, 4) is 0 Å². The molecule has 3 aliphatic rings. The first kappa shape index (κ1) is 7.95. The van der Waals surface area contributed by atoms with Gasteiger partial charge in [-0.25, -0.2) is 4.79 Å². The summed E-state index contributed by atoms with van der Waals surface area (Å²) in [5.74, 6) is -0.783. The van der Waals surface area contributed by atoms with Crippen LogP contribution in [0.25, 0.3) is 0 Å². The van der Waals surface area contributed by atoms with Gasteiger partial charge in [-0.3, -0.25) is 0 Å². The molecule has 0 spiro atoms. The van der Waals surface area contributed by atoms with Crippen LogP contribution in [0.3, 0.4) is 0 Å². The standard InChI is InChI=1S/C8H8N2O4/c11-7(12)6-4-1-3(4)2-5-8(13)14-9-10(5)6/h1,3,5,8-9,13H,2H2/p+1. The van der Waals surface area contributed by atoms with Gasteiger partial charge in [-0.1, -0.05) is 16.3 Å². The van der Waals surface area contributed by atoms with Gasteiger partial charge in [0.2, 0.25) is 6.04 Å². The normalized spacial score (nSPS) is 38.4. The number of allylic oxidation sites excluding steroid dienone is 1. The highest BCUT2D eigenvalue weighted by Crippen LogP contribution is 2.40. The maximum atomic E-state index is 10.9. The highest BCUT2D eigenvalue weighted by atomic mass is 16.8. The average Bonchev–Trinajstić information content (AvgIpc) is 2.81. The Balaban J connectivity index is 2.07. The van der Waals surface area contributed by atoms with E-state index in [2.05, 4.69) is 5.59 Å². The molecule has 6 nitrogen and oxygen atoms in total. The van der Waals surface area contributed by atoms with Crippen LogP contribution in [0.5, 0.6) is 0 Å². The van der Waals surface area contributed by atoms with Crippen LogP contribution in [-0.4, -0.2) is 38.9 Å². The summed E-state index contributed by atoms with van der Waals surface area (Å²) < 4.78 is 1.39. The summed E-state index contributed by atoms with van der Waals surface area (Å²) in [6, 6.07) is -0.298. The maximum absolute atomic E-state index is 10.9. The highest BCUT2D eigenvalue weighted by Gasteiger charge is 2.55. The lowest BCUT2D eigenvalue weighted by atomic mass is 10.0.